The Bertz CT molecular complexity index is 1000. The van der Waals surface area contributed by atoms with Gasteiger partial charge in [-0.3, -0.25) is 19.4 Å². The molecule has 0 spiro atoms. The number of carbonyl (C=O) groups excluding carboxylic acids is 3. The minimum absolute atomic E-state index is 0.0364. The van der Waals surface area contributed by atoms with Crippen molar-refractivity contribution in [2.24, 2.45) is 0 Å². The van der Waals surface area contributed by atoms with Crippen LogP contribution >= 0.6 is 0 Å². The quantitative estimate of drug-likeness (QED) is 0.565. The van der Waals surface area contributed by atoms with Gasteiger partial charge in [-0.25, -0.2) is 5.01 Å². The van der Waals surface area contributed by atoms with Crippen LogP contribution in [0, 0.1) is 0 Å². The fraction of sp³-hybridized carbons (Fsp3) is 0.444. The molecule has 2 atom stereocenters. The van der Waals surface area contributed by atoms with Crippen LogP contribution in [0.4, 0.5) is 0 Å². The first kappa shape index (κ1) is 27.2. The number of hydrazine groups is 1. The van der Waals surface area contributed by atoms with Gasteiger partial charge in [0.2, 0.25) is 18.2 Å². The van der Waals surface area contributed by atoms with E-state index in [-0.39, 0.29) is 18.4 Å². The van der Waals surface area contributed by atoms with Gasteiger partial charge < -0.3 is 19.9 Å². The summed E-state index contributed by atoms with van der Waals surface area (Å²) in [6.07, 6.45) is 1.69. The molecule has 2 heterocycles. The van der Waals surface area contributed by atoms with Crippen molar-refractivity contribution in [3.63, 3.8) is 0 Å². The third-order valence-electron chi connectivity index (χ3n) is 6.42. The minimum atomic E-state index is -0.504. The van der Waals surface area contributed by atoms with Crippen molar-refractivity contribution in [3.05, 3.63) is 65.7 Å². The zero-order chi connectivity index (χ0) is 26.1. The van der Waals surface area contributed by atoms with E-state index in [1.165, 1.54) is 10.6 Å². The number of nitrogens with zero attached hydrogens (tertiary/aromatic N) is 4. The highest BCUT2D eigenvalue weighted by Crippen LogP contribution is 2.27. The smallest absolute Gasteiger partial charge is 0.245 e. The Labute approximate surface area is 213 Å². The molecule has 0 aliphatic carbocycles. The number of rotatable bonds is 8. The first-order chi connectivity index (χ1) is 17.4. The average molecular weight is 496 g/mol. The maximum atomic E-state index is 13.0. The van der Waals surface area contributed by atoms with Crippen LogP contribution in [-0.4, -0.2) is 84.5 Å². The SMILES string of the molecule is CCC[C@H]1C(=O)N(Cc2ccccc2)CC2N1C(=O)CN(C)N2C=O.CNCc1ccc(OC)cc1. The lowest BCUT2D eigenvalue weighted by atomic mass is 10.0. The molecule has 0 aromatic heterocycles. The molecule has 9 heteroatoms. The molecule has 2 saturated heterocycles. The summed E-state index contributed by atoms with van der Waals surface area (Å²) < 4.78 is 5.03. The molecule has 2 aromatic carbocycles. The third kappa shape index (κ3) is 6.41. The highest BCUT2D eigenvalue weighted by molar-refractivity contribution is 5.90. The van der Waals surface area contributed by atoms with Gasteiger partial charge in [0.25, 0.3) is 0 Å². The zero-order valence-corrected chi connectivity index (χ0v) is 21.6. The van der Waals surface area contributed by atoms with E-state index in [9.17, 15) is 14.4 Å². The number of amides is 3. The Kier molecular flexibility index (Phi) is 9.84. The summed E-state index contributed by atoms with van der Waals surface area (Å²) in [5, 5.41) is 6.22. The van der Waals surface area contributed by atoms with E-state index in [1.807, 2.05) is 56.4 Å². The van der Waals surface area contributed by atoms with Crippen LogP contribution in [0.5, 0.6) is 5.75 Å². The van der Waals surface area contributed by atoms with Crippen molar-refractivity contribution in [2.75, 3.05) is 34.3 Å². The van der Waals surface area contributed by atoms with Crippen LogP contribution in [0.1, 0.15) is 30.9 Å². The molecular formula is C27H37N5O4. The van der Waals surface area contributed by atoms with E-state index in [0.717, 1.165) is 30.7 Å². The van der Waals surface area contributed by atoms with E-state index >= 15 is 0 Å². The second-order valence-electron chi connectivity index (χ2n) is 8.97. The highest BCUT2D eigenvalue weighted by atomic mass is 16.5. The van der Waals surface area contributed by atoms with Gasteiger partial charge in [-0.05, 0) is 36.7 Å². The van der Waals surface area contributed by atoms with Gasteiger partial charge in [-0.2, -0.15) is 0 Å². The summed E-state index contributed by atoms with van der Waals surface area (Å²) in [5.74, 6) is 0.771. The van der Waals surface area contributed by atoms with Gasteiger partial charge in [0.05, 0.1) is 20.2 Å². The van der Waals surface area contributed by atoms with Gasteiger partial charge >= 0.3 is 0 Å². The number of fused-ring (bicyclic) bond motifs is 1. The predicted molar refractivity (Wildman–Crippen MR) is 137 cm³/mol. The molecule has 2 aliphatic heterocycles. The topological polar surface area (TPSA) is 85.4 Å². The number of benzene rings is 2. The molecule has 0 radical (unpaired) electrons. The van der Waals surface area contributed by atoms with E-state index in [2.05, 4.69) is 17.4 Å². The van der Waals surface area contributed by atoms with Gasteiger partial charge in [0.1, 0.15) is 18.0 Å². The summed E-state index contributed by atoms with van der Waals surface area (Å²) in [6.45, 7) is 3.82. The molecule has 2 fully saturated rings. The summed E-state index contributed by atoms with van der Waals surface area (Å²) in [4.78, 5) is 40.5. The number of ether oxygens (including phenoxy) is 1. The normalized spacial score (nSPS) is 19.9. The number of carbonyl (C=O) groups is 3. The lowest BCUT2D eigenvalue weighted by Crippen LogP contribution is -2.73. The lowest BCUT2D eigenvalue weighted by Gasteiger charge is -2.53. The Morgan fingerprint density at radius 1 is 1.06 bits per heavy atom. The predicted octanol–water partition coefficient (Wildman–Crippen LogP) is 2.09. The number of piperazine rings is 1. The van der Waals surface area contributed by atoms with Crippen LogP contribution in [0.15, 0.2) is 54.6 Å². The fourth-order valence-corrected chi connectivity index (χ4v) is 4.63. The van der Waals surface area contributed by atoms with Gasteiger partial charge in [-0.15, -0.1) is 0 Å². The Morgan fingerprint density at radius 3 is 2.33 bits per heavy atom. The molecule has 1 unspecified atom stereocenters. The third-order valence-corrected chi connectivity index (χ3v) is 6.42. The molecule has 0 bridgehead atoms. The van der Waals surface area contributed by atoms with E-state index in [1.54, 1.807) is 29.0 Å². The molecule has 4 rings (SSSR count). The number of nitrogens with one attached hydrogen (secondary N) is 1. The molecule has 0 saturated carbocycles. The second-order valence-corrected chi connectivity index (χ2v) is 8.97. The summed E-state index contributed by atoms with van der Waals surface area (Å²) in [6, 6.07) is 17.3. The maximum Gasteiger partial charge on any atom is 0.245 e. The molecular weight excluding hydrogens is 458 g/mol. The molecule has 3 amide bonds. The van der Waals surface area contributed by atoms with Gasteiger partial charge in [0.15, 0.2) is 0 Å². The van der Waals surface area contributed by atoms with Crippen molar-refractivity contribution in [3.8, 4) is 5.75 Å². The molecule has 2 aliphatic rings. The van der Waals surface area contributed by atoms with Crippen LogP contribution < -0.4 is 10.1 Å². The molecule has 9 nitrogen and oxygen atoms in total. The molecule has 194 valence electrons. The Balaban J connectivity index is 0.000000275. The lowest BCUT2D eigenvalue weighted by molar-refractivity contribution is -0.197. The highest BCUT2D eigenvalue weighted by Gasteiger charge is 2.48. The average Bonchev–Trinajstić information content (AvgIpc) is 2.88. The largest absolute Gasteiger partial charge is 0.497 e. The van der Waals surface area contributed by atoms with E-state index < -0.39 is 12.2 Å². The monoisotopic (exact) mass is 495 g/mol. The number of methoxy groups -OCH3 is 1. The van der Waals surface area contributed by atoms with Crippen molar-refractivity contribution in [1.29, 1.82) is 0 Å². The first-order valence-electron chi connectivity index (χ1n) is 12.3. The molecule has 36 heavy (non-hydrogen) atoms. The minimum Gasteiger partial charge on any atom is -0.497 e. The second kappa shape index (κ2) is 13.0. The number of hydrogen-bond acceptors (Lipinski definition) is 6. The number of likely N-dealkylation sites (N-methyl/N-ethyl adjacent to an activating group) is 1. The first-order valence-corrected chi connectivity index (χ1v) is 12.3. The van der Waals surface area contributed by atoms with Crippen LogP contribution in [-0.2, 0) is 27.5 Å². The Hall–Kier alpha value is -3.43. The Morgan fingerprint density at radius 2 is 1.75 bits per heavy atom. The van der Waals surface area contributed by atoms with Crippen molar-refractivity contribution in [2.45, 2.75) is 45.1 Å². The van der Waals surface area contributed by atoms with Crippen LogP contribution in [0.25, 0.3) is 0 Å². The molecule has 1 N–H and O–H groups in total. The summed E-state index contributed by atoms with van der Waals surface area (Å²) >= 11 is 0. The number of hydrogen-bond donors (Lipinski definition) is 1. The van der Waals surface area contributed by atoms with Crippen LogP contribution in [0.3, 0.4) is 0 Å². The van der Waals surface area contributed by atoms with Crippen LogP contribution in [0.2, 0.25) is 0 Å². The van der Waals surface area contributed by atoms with Crippen molar-refractivity contribution >= 4 is 18.2 Å². The van der Waals surface area contributed by atoms with E-state index in [0.29, 0.717) is 19.5 Å². The van der Waals surface area contributed by atoms with Crippen molar-refractivity contribution in [1.82, 2.24) is 25.1 Å². The van der Waals surface area contributed by atoms with Gasteiger partial charge in [-0.1, -0.05) is 55.8 Å². The summed E-state index contributed by atoms with van der Waals surface area (Å²) in [5.41, 5.74) is 2.31. The van der Waals surface area contributed by atoms with Crippen molar-refractivity contribution < 1.29 is 19.1 Å². The summed E-state index contributed by atoms with van der Waals surface area (Å²) in [7, 11) is 5.33. The standard InChI is InChI=1S/C18H24N4O3.C9H13NO/c1-3-7-15-18(25)20(10-14-8-5-4-6-9-14)11-16-21(13-23)19(2)12-17(24)22(15)16;1-10-7-8-3-5-9(11-2)6-4-8/h4-6,8-9,13,15-16H,3,7,10-12H2,1-2H3;3-6,10H,7H2,1-2H3/t15-,16?;/m0./s1. The fourth-order valence-electron chi connectivity index (χ4n) is 4.63. The van der Waals surface area contributed by atoms with E-state index in [4.69, 9.17) is 4.74 Å². The van der Waals surface area contributed by atoms with Gasteiger partial charge in [0, 0.05) is 20.1 Å². The zero-order valence-electron chi connectivity index (χ0n) is 21.6. The maximum absolute atomic E-state index is 13.0. The molecule has 2 aromatic rings.